The van der Waals surface area contributed by atoms with Gasteiger partial charge < -0.3 is 20.4 Å². The van der Waals surface area contributed by atoms with E-state index in [1.54, 1.807) is 0 Å². The highest BCUT2D eigenvalue weighted by Gasteiger charge is 2.20. The van der Waals surface area contributed by atoms with Crippen LogP contribution in [0.3, 0.4) is 0 Å². The molecule has 1 saturated heterocycles. The Kier molecular flexibility index (Phi) is 14.7. The summed E-state index contributed by atoms with van der Waals surface area (Å²) in [6, 6.07) is 8.36. The third-order valence-electron chi connectivity index (χ3n) is 5.96. The Morgan fingerprint density at radius 2 is 1.87 bits per heavy atom. The highest BCUT2D eigenvalue weighted by molar-refractivity contribution is 14.0. The van der Waals surface area contributed by atoms with Gasteiger partial charge in [0.25, 0.3) is 0 Å². The molecular formula is C23H42ClIN6. The number of nitrogens with one attached hydrogen (secondary N) is 2. The quantitative estimate of drug-likeness (QED) is 0.197. The first-order valence-corrected chi connectivity index (χ1v) is 11.8. The standard InChI is InChI=1S/C23H41ClN6.HI/c1-5-30(6-2)22(20-11-7-8-12-21(20)24)19-27-23(25-3)26-13-9-15-29-16-10-14-28(4)17-18-29;/h7-8,11-12,22H,5-6,9-10,13-19H2,1-4H3,(H2,25,26,27);1H. The molecule has 1 aromatic rings. The molecule has 31 heavy (non-hydrogen) atoms. The summed E-state index contributed by atoms with van der Waals surface area (Å²) in [4.78, 5) is 11.9. The summed E-state index contributed by atoms with van der Waals surface area (Å²) in [6.07, 6.45) is 2.39. The Balaban J connectivity index is 0.00000480. The second-order valence-corrected chi connectivity index (χ2v) is 8.40. The molecule has 2 rings (SSSR count). The van der Waals surface area contributed by atoms with Gasteiger partial charge >= 0.3 is 0 Å². The lowest BCUT2D eigenvalue weighted by Gasteiger charge is -2.31. The number of likely N-dealkylation sites (N-methyl/N-ethyl adjacent to an activating group) is 2. The van der Waals surface area contributed by atoms with E-state index in [0.29, 0.717) is 0 Å². The van der Waals surface area contributed by atoms with Crippen LogP contribution in [-0.2, 0) is 0 Å². The van der Waals surface area contributed by atoms with Crippen molar-refractivity contribution in [2.75, 3.05) is 73.0 Å². The monoisotopic (exact) mass is 564 g/mol. The minimum Gasteiger partial charge on any atom is -0.356 e. The van der Waals surface area contributed by atoms with Crippen molar-refractivity contribution in [3.63, 3.8) is 0 Å². The van der Waals surface area contributed by atoms with Crippen molar-refractivity contribution < 1.29 is 0 Å². The first-order valence-electron chi connectivity index (χ1n) is 11.4. The lowest BCUT2D eigenvalue weighted by atomic mass is 10.0. The van der Waals surface area contributed by atoms with Crippen molar-refractivity contribution in [3.05, 3.63) is 34.9 Å². The lowest BCUT2D eigenvalue weighted by Crippen LogP contribution is -2.44. The topological polar surface area (TPSA) is 46.1 Å². The van der Waals surface area contributed by atoms with Gasteiger partial charge in [0.15, 0.2) is 5.96 Å². The summed E-state index contributed by atoms with van der Waals surface area (Å²) >= 11 is 6.52. The molecule has 178 valence electrons. The van der Waals surface area contributed by atoms with Crippen molar-refractivity contribution >= 4 is 41.5 Å². The molecule has 1 aromatic carbocycles. The zero-order chi connectivity index (χ0) is 21.8. The van der Waals surface area contributed by atoms with Crippen LogP contribution in [0.2, 0.25) is 5.02 Å². The molecule has 2 N–H and O–H groups in total. The van der Waals surface area contributed by atoms with Crippen LogP contribution in [0.5, 0.6) is 0 Å². The van der Waals surface area contributed by atoms with E-state index < -0.39 is 0 Å². The predicted molar refractivity (Wildman–Crippen MR) is 145 cm³/mol. The minimum absolute atomic E-state index is 0. The first-order chi connectivity index (χ1) is 14.6. The van der Waals surface area contributed by atoms with Gasteiger partial charge in [-0.15, -0.1) is 24.0 Å². The van der Waals surface area contributed by atoms with E-state index in [2.05, 4.69) is 63.4 Å². The van der Waals surface area contributed by atoms with Crippen LogP contribution in [-0.4, -0.2) is 93.7 Å². The Hall–Kier alpha value is -0.610. The van der Waals surface area contributed by atoms with Gasteiger partial charge in [-0.3, -0.25) is 9.89 Å². The van der Waals surface area contributed by atoms with Gasteiger partial charge in [-0.05, 0) is 64.2 Å². The van der Waals surface area contributed by atoms with E-state index in [0.717, 1.165) is 55.7 Å². The molecular weight excluding hydrogens is 523 g/mol. The second-order valence-electron chi connectivity index (χ2n) is 7.99. The fourth-order valence-corrected chi connectivity index (χ4v) is 4.35. The van der Waals surface area contributed by atoms with Crippen LogP contribution in [0.4, 0.5) is 0 Å². The van der Waals surface area contributed by atoms with Crippen LogP contribution in [0.25, 0.3) is 0 Å². The zero-order valence-electron chi connectivity index (χ0n) is 19.7. The van der Waals surface area contributed by atoms with E-state index in [-0.39, 0.29) is 30.0 Å². The molecule has 0 amide bonds. The number of hydrogen-bond donors (Lipinski definition) is 2. The molecule has 0 spiro atoms. The Labute approximate surface area is 211 Å². The van der Waals surface area contributed by atoms with Crippen molar-refractivity contribution in [1.82, 2.24) is 25.3 Å². The molecule has 8 heteroatoms. The molecule has 0 aliphatic carbocycles. The lowest BCUT2D eigenvalue weighted by molar-refractivity contribution is 0.219. The summed E-state index contributed by atoms with van der Waals surface area (Å²) < 4.78 is 0. The Morgan fingerprint density at radius 1 is 1.13 bits per heavy atom. The van der Waals surface area contributed by atoms with E-state index in [4.69, 9.17) is 11.6 Å². The van der Waals surface area contributed by atoms with Crippen molar-refractivity contribution in [2.45, 2.75) is 32.7 Å². The van der Waals surface area contributed by atoms with E-state index in [1.807, 2.05) is 19.2 Å². The maximum atomic E-state index is 6.52. The van der Waals surface area contributed by atoms with Crippen LogP contribution in [0.1, 0.15) is 38.3 Å². The van der Waals surface area contributed by atoms with E-state index >= 15 is 0 Å². The maximum absolute atomic E-state index is 6.52. The second kappa shape index (κ2) is 16.1. The normalized spacial score (nSPS) is 17.2. The largest absolute Gasteiger partial charge is 0.356 e. The Morgan fingerprint density at radius 3 is 2.55 bits per heavy atom. The van der Waals surface area contributed by atoms with E-state index in [1.165, 1.54) is 32.6 Å². The molecule has 0 aromatic heterocycles. The van der Waals surface area contributed by atoms with Gasteiger partial charge in [-0.2, -0.15) is 0 Å². The summed E-state index contributed by atoms with van der Waals surface area (Å²) in [5.41, 5.74) is 1.16. The van der Waals surface area contributed by atoms with Crippen LogP contribution < -0.4 is 10.6 Å². The highest BCUT2D eigenvalue weighted by Crippen LogP contribution is 2.26. The average molecular weight is 565 g/mol. The fourth-order valence-electron chi connectivity index (χ4n) is 4.09. The molecule has 1 aliphatic heterocycles. The smallest absolute Gasteiger partial charge is 0.191 e. The van der Waals surface area contributed by atoms with Crippen LogP contribution in [0, 0.1) is 0 Å². The molecule has 0 radical (unpaired) electrons. The molecule has 1 aliphatic rings. The molecule has 1 atom stereocenters. The zero-order valence-corrected chi connectivity index (χ0v) is 22.8. The Bertz CT molecular complexity index is 640. The van der Waals surface area contributed by atoms with E-state index in [9.17, 15) is 0 Å². The van der Waals surface area contributed by atoms with Gasteiger partial charge in [0.2, 0.25) is 0 Å². The molecule has 1 heterocycles. The summed E-state index contributed by atoms with van der Waals surface area (Å²) in [6.45, 7) is 13.9. The number of halogens is 2. The number of guanidine groups is 1. The van der Waals surface area contributed by atoms with Gasteiger partial charge in [0.05, 0.1) is 6.04 Å². The summed E-state index contributed by atoms with van der Waals surface area (Å²) in [5.74, 6) is 0.856. The number of aliphatic imine (C=N–C) groups is 1. The highest BCUT2D eigenvalue weighted by atomic mass is 127. The van der Waals surface area contributed by atoms with Crippen molar-refractivity contribution in [2.24, 2.45) is 4.99 Å². The van der Waals surface area contributed by atoms with Gasteiger partial charge in [0.1, 0.15) is 0 Å². The van der Waals surface area contributed by atoms with Crippen LogP contribution >= 0.6 is 35.6 Å². The molecule has 0 saturated carbocycles. The number of nitrogens with zero attached hydrogens (tertiary/aromatic N) is 4. The molecule has 1 unspecified atom stereocenters. The van der Waals surface area contributed by atoms with Gasteiger partial charge in [-0.25, -0.2) is 0 Å². The fraction of sp³-hybridized carbons (Fsp3) is 0.696. The molecule has 1 fully saturated rings. The number of hydrogen-bond acceptors (Lipinski definition) is 4. The third-order valence-corrected chi connectivity index (χ3v) is 6.30. The minimum atomic E-state index is 0. The number of benzene rings is 1. The average Bonchev–Trinajstić information content (AvgIpc) is 2.97. The van der Waals surface area contributed by atoms with Crippen LogP contribution in [0.15, 0.2) is 29.3 Å². The van der Waals surface area contributed by atoms with Crippen molar-refractivity contribution in [1.29, 1.82) is 0 Å². The molecule has 6 nitrogen and oxygen atoms in total. The predicted octanol–water partition coefficient (Wildman–Crippen LogP) is 3.53. The SMILES string of the molecule is CCN(CC)C(CNC(=NC)NCCCN1CCCN(C)CC1)c1ccccc1Cl.I. The third kappa shape index (κ3) is 9.82. The first kappa shape index (κ1) is 28.4. The number of rotatable bonds is 10. The molecule has 0 bridgehead atoms. The summed E-state index contributed by atoms with van der Waals surface area (Å²) in [7, 11) is 4.05. The summed E-state index contributed by atoms with van der Waals surface area (Å²) in [5, 5.41) is 7.82. The van der Waals surface area contributed by atoms with Crippen molar-refractivity contribution in [3.8, 4) is 0 Å². The maximum Gasteiger partial charge on any atom is 0.191 e. The van der Waals surface area contributed by atoms with Gasteiger partial charge in [0, 0.05) is 38.2 Å². The van der Waals surface area contributed by atoms with Gasteiger partial charge in [-0.1, -0.05) is 43.6 Å².